The number of piperidine rings is 1. The highest BCUT2D eigenvalue weighted by molar-refractivity contribution is 7.89. The van der Waals surface area contributed by atoms with Gasteiger partial charge >= 0.3 is 0 Å². The van der Waals surface area contributed by atoms with Crippen LogP contribution in [-0.2, 0) is 16.4 Å². The molecule has 8 nitrogen and oxygen atoms in total. The average Bonchev–Trinajstić information content (AvgIpc) is 3.10. The second kappa shape index (κ2) is 9.50. The maximum atomic E-state index is 12.2. The fourth-order valence-electron chi connectivity index (χ4n) is 4.36. The number of aliphatic hydroxyl groups excluding tert-OH is 1. The van der Waals surface area contributed by atoms with Gasteiger partial charge in [0, 0.05) is 43.9 Å². The maximum Gasteiger partial charge on any atom is 0.268 e. The number of fused-ring (bicyclic) bond motifs is 1. The van der Waals surface area contributed by atoms with Crippen LogP contribution in [0.25, 0.3) is 0 Å². The van der Waals surface area contributed by atoms with Crippen LogP contribution >= 0.6 is 11.6 Å². The van der Waals surface area contributed by atoms with Crippen LogP contribution in [-0.4, -0.2) is 68.5 Å². The van der Waals surface area contributed by atoms with E-state index in [4.69, 9.17) is 21.1 Å². The summed E-state index contributed by atoms with van der Waals surface area (Å²) in [6.07, 6.45) is 2.67. The molecule has 2 aliphatic rings. The zero-order chi connectivity index (χ0) is 23.6. The van der Waals surface area contributed by atoms with Crippen molar-refractivity contribution in [2.75, 3.05) is 32.5 Å². The van der Waals surface area contributed by atoms with Crippen molar-refractivity contribution in [2.24, 2.45) is 0 Å². The van der Waals surface area contributed by atoms with Crippen LogP contribution in [0.3, 0.4) is 0 Å². The van der Waals surface area contributed by atoms with Crippen LogP contribution in [0.1, 0.15) is 28.8 Å². The van der Waals surface area contributed by atoms with Gasteiger partial charge < -0.3 is 19.5 Å². The van der Waals surface area contributed by atoms with Crippen LogP contribution < -0.4 is 14.2 Å². The van der Waals surface area contributed by atoms with E-state index >= 15 is 0 Å². The van der Waals surface area contributed by atoms with Gasteiger partial charge in [-0.2, -0.15) is 0 Å². The van der Waals surface area contributed by atoms with E-state index in [1.807, 2.05) is 22.9 Å². The summed E-state index contributed by atoms with van der Waals surface area (Å²) in [6.45, 7) is 1.97. The standard InChI is InChI=1S/C23H27ClN2O6S/c1-33(29,30)25-22(28)19-4-2-3-5-21(19)31-15-18(27)14-26-10-8-23(9-11-26)13-16-12-17(24)6-7-20(16)32-23/h2-7,12,18,27H,8-11,13-15H2,1H3,(H,25,28)/t18-/m0/s1. The van der Waals surface area contributed by atoms with Crippen LogP contribution in [0.2, 0.25) is 5.02 Å². The van der Waals surface area contributed by atoms with E-state index in [1.54, 1.807) is 18.2 Å². The Kier molecular flexibility index (Phi) is 6.86. The molecule has 33 heavy (non-hydrogen) atoms. The first-order valence-corrected chi connectivity index (χ1v) is 13.0. The predicted octanol–water partition coefficient (Wildman–Crippen LogP) is 2.24. The number of benzene rings is 2. The number of rotatable bonds is 7. The lowest BCUT2D eigenvalue weighted by atomic mass is 9.87. The van der Waals surface area contributed by atoms with Crippen LogP contribution in [0.5, 0.6) is 11.5 Å². The predicted molar refractivity (Wildman–Crippen MR) is 124 cm³/mol. The minimum Gasteiger partial charge on any atom is -0.490 e. The van der Waals surface area contributed by atoms with Crippen LogP contribution in [0, 0.1) is 0 Å². The summed E-state index contributed by atoms with van der Waals surface area (Å²) in [7, 11) is -3.70. The number of β-amino-alcohol motifs (C(OH)–C–C–N with tert-alkyl or cyclic N) is 1. The van der Waals surface area contributed by atoms with Gasteiger partial charge in [0.25, 0.3) is 5.91 Å². The number of nitrogens with one attached hydrogen (secondary N) is 1. The smallest absolute Gasteiger partial charge is 0.268 e. The zero-order valence-corrected chi connectivity index (χ0v) is 19.9. The van der Waals surface area contributed by atoms with Gasteiger partial charge in [-0.25, -0.2) is 13.1 Å². The van der Waals surface area contributed by atoms with E-state index in [2.05, 4.69) is 4.90 Å². The van der Waals surface area contributed by atoms with Crippen LogP contribution in [0.4, 0.5) is 0 Å². The number of amides is 1. The molecule has 0 saturated carbocycles. The topological polar surface area (TPSA) is 105 Å². The van der Waals surface area contributed by atoms with Gasteiger partial charge in [0.2, 0.25) is 10.0 Å². The van der Waals surface area contributed by atoms with Crippen molar-refractivity contribution >= 4 is 27.5 Å². The summed E-state index contributed by atoms with van der Waals surface area (Å²) >= 11 is 6.11. The lowest BCUT2D eigenvalue weighted by Crippen LogP contribution is -2.49. The Morgan fingerprint density at radius 3 is 2.73 bits per heavy atom. The third-order valence-corrected chi connectivity index (χ3v) is 6.73. The molecule has 2 heterocycles. The van der Waals surface area contributed by atoms with Gasteiger partial charge in [-0.1, -0.05) is 23.7 Å². The van der Waals surface area contributed by atoms with Crippen molar-refractivity contribution in [3.8, 4) is 11.5 Å². The molecule has 1 fully saturated rings. The number of nitrogens with zero attached hydrogens (tertiary/aromatic N) is 1. The largest absolute Gasteiger partial charge is 0.490 e. The SMILES string of the molecule is CS(=O)(=O)NC(=O)c1ccccc1OC[C@@H](O)CN1CCC2(CC1)Cc1cc(Cl)ccc1O2. The van der Waals surface area contributed by atoms with E-state index in [-0.39, 0.29) is 23.5 Å². The summed E-state index contributed by atoms with van der Waals surface area (Å²) in [4.78, 5) is 14.4. The molecule has 178 valence electrons. The number of hydrogen-bond donors (Lipinski definition) is 2. The third-order valence-electron chi connectivity index (χ3n) is 5.94. The summed E-state index contributed by atoms with van der Waals surface area (Å²) in [5, 5.41) is 11.2. The van der Waals surface area contributed by atoms with E-state index in [9.17, 15) is 18.3 Å². The van der Waals surface area contributed by atoms with Gasteiger partial charge in [0.15, 0.2) is 0 Å². The summed E-state index contributed by atoms with van der Waals surface area (Å²) < 4.78 is 36.6. The third kappa shape index (κ3) is 5.97. The van der Waals surface area contributed by atoms with Crippen molar-refractivity contribution in [1.29, 1.82) is 0 Å². The molecule has 1 atom stereocenters. The number of carbonyl (C=O) groups excluding carboxylic acids is 1. The highest BCUT2D eigenvalue weighted by Crippen LogP contribution is 2.41. The fourth-order valence-corrected chi connectivity index (χ4v) is 5.01. The number of likely N-dealkylation sites (tertiary alicyclic amines) is 1. The average molecular weight is 495 g/mol. The Labute approximate surface area is 198 Å². The molecular formula is C23H27ClN2O6S. The second-order valence-electron chi connectivity index (χ2n) is 8.68. The number of ether oxygens (including phenoxy) is 2. The van der Waals surface area contributed by atoms with Gasteiger partial charge in [0.1, 0.15) is 29.8 Å². The molecule has 0 unspecified atom stereocenters. The molecule has 10 heteroatoms. The number of aliphatic hydroxyl groups is 1. The Hall–Kier alpha value is -2.33. The van der Waals surface area contributed by atoms with E-state index in [0.717, 1.165) is 49.9 Å². The molecule has 0 aromatic heterocycles. The summed E-state index contributed by atoms with van der Waals surface area (Å²) in [5.74, 6) is 0.341. The van der Waals surface area contributed by atoms with Gasteiger partial charge in [-0.3, -0.25) is 4.79 Å². The fraction of sp³-hybridized carbons (Fsp3) is 0.435. The first-order chi connectivity index (χ1) is 15.6. The Morgan fingerprint density at radius 2 is 2.00 bits per heavy atom. The van der Waals surface area contributed by atoms with Crippen LogP contribution in [0.15, 0.2) is 42.5 Å². The zero-order valence-electron chi connectivity index (χ0n) is 18.3. The highest BCUT2D eigenvalue weighted by atomic mass is 35.5. The van der Waals surface area contributed by atoms with Gasteiger partial charge in [-0.15, -0.1) is 0 Å². The van der Waals surface area contributed by atoms with Crippen molar-refractivity contribution in [3.63, 3.8) is 0 Å². The molecule has 2 aromatic carbocycles. The number of carbonyl (C=O) groups is 1. The number of halogens is 1. The molecule has 1 amide bonds. The lowest BCUT2D eigenvalue weighted by Gasteiger charge is -2.39. The van der Waals surface area contributed by atoms with E-state index < -0.39 is 22.0 Å². The quantitative estimate of drug-likeness (QED) is 0.608. The van der Waals surface area contributed by atoms with Crippen molar-refractivity contribution in [1.82, 2.24) is 9.62 Å². The van der Waals surface area contributed by atoms with Gasteiger partial charge in [0.05, 0.1) is 11.8 Å². The Bertz CT molecular complexity index is 1130. The molecule has 1 saturated heterocycles. The number of para-hydroxylation sites is 1. The second-order valence-corrected chi connectivity index (χ2v) is 10.9. The summed E-state index contributed by atoms with van der Waals surface area (Å²) in [6, 6.07) is 12.1. The number of hydrogen-bond acceptors (Lipinski definition) is 7. The minimum atomic E-state index is -3.70. The molecule has 2 aliphatic heterocycles. The molecule has 0 bridgehead atoms. The molecule has 2 aromatic rings. The molecule has 1 spiro atoms. The normalized spacial score (nSPS) is 18.4. The lowest BCUT2D eigenvalue weighted by molar-refractivity contribution is -0.00199. The molecule has 4 rings (SSSR count). The first-order valence-electron chi connectivity index (χ1n) is 10.7. The highest BCUT2D eigenvalue weighted by Gasteiger charge is 2.42. The Morgan fingerprint density at radius 1 is 1.27 bits per heavy atom. The minimum absolute atomic E-state index is 0.0226. The van der Waals surface area contributed by atoms with Gasteiger partial charge in [-0.05, 0) is 35.9 Å². The maximum absolute atomic E-state index is 12.2. The van der Waals surface area contributed by atoms with Crippen molar-refractivity contribution < 1.29 is 27.8 Å². The van der Waals surface area contributed by atoms with Crippen molar-refractivity contribution in [3.05, 3.63) is 58.6 Å². The molecular weight excluding hydrogens is 468 g/mol. The molecule has 0 radical (unpaired) electrons. The monoisotopic (exact) mass is 494 g/mol. The first kappa shape index (κ1) is 23.8. The van der Waals surface area contributed by atoms with E-state index in [1.165, 1.54) is 6.07 Å². The van der Waals surface area contributed by atoms with Crippen molar-refractivity contribution in [2.45, 2.75) is 31.0 Å². The number of sulfonamides is 1. The molecule has 0 aliphatic carbocycles. The molecule has 2 N–H and O–H groups in total. The Balaban J connectivity index is 1.27. The summed E-state index contributed by atoms with van der Waals surface area (Å²) in [5.41, 5.74) is 1.02. The van der Waals surface area contributed by atoms with E-state index in [0.29, 0.717) is 11.6 Å².